The number of alkyl halides is 3. The average Bonchev–Trinajstić information content (AvgIpc) is 3.36. The number of hydrogen-bond acceptors (Lipinski definition) is 8. The molecule has 0 aliphatic heterocycles. The molecule has 0 fully saturated rings. The van der Waals surface area contributed by atoms with Crippen molar-refractivity contribution in [1.29, 1.82) is 0 Å². The Morgan fingerprint density at radius 2 is 1.81 bits per heavy atom. The van der Waals surface area contributed by atoms with E-state index in [1.54, 1.807) is 27.7 Å². The van der Waals surface area contributed by atoms with Crippen LogP contribution in [0.3, 0.4) is 0 Å². The molecule has 7 nitrogen and oxygen atoms in total. The van der Waals surface area contributed by atoms with Gasteiger partial charge in [-0.05, 0) is 36.8 Å². The van der Waals surface area contributed by atoms with Gasteiger partial charge in [-0.25, -0.2) is 8.78 Å². The van der Waals surface area contributed by atoms with E-state index in [4.69, 9.17) is 13.9 Å². The first-order valence-corrected chi connectivity index (χ1v) is 14.2. The number of pyridine rings is 1. The van der Waals surface area contributed by atoms with Gasteiger partial charge in [-0.3, -0.25) is 9.78 Å². The van der Waals surface area contributed by atoms with Gasteiger partial charge in [-0.1, -0.05) is 31.6 Å². The summed E-state index contributed by atoms with van der Waals surface area (Å²) in [5.41, 5.74) is -1.11. The van der Waals surface area contributed by atoms with Crippen molar-refractivity contribution in [2.24, 2.45) is 4.36 Å². The Bertz CT molecular complexity index is 1740. The van der Waals surface area contributed by atoms with Crippen LogP contribution in [0.5, 0.6) is 5.75 Å². The van der Waals surface area contributed by atoms with Crippen LogP contribution in [0.4, 0.5) is 22.0 Å². The lowest BCUT2D eigenvalue weighted by Crippen LogP contribution is -2.15. The number of rotatable bonds is 9. The molecule has 0 spiro atoms. The summed E-state index contributed by atoms with van der Waals surface area (Å²) in [5, 5.41) is -0.342. The second-order valence-corrected chi connectivity index (χ2v) is 12.4. The van der Waals surface area contributed by atoms with Crippen molar-refractivity contribution < 1.29 is 44.8 Å². The summed E-state index contributed by atoms with van der Waals surface area (Å²) in [6.45, 7) is 6.20. The van der Waals surface area contributed by atoms with E-state index in [1.165, 1.54) is 30.5 Å². The van der Waals surface area contributed by atoms with Crippen molar-refractivity contribution >= 4 is 27.5 Å². The van der Waals surface area contributed by atoms with E-state index in [0.717, 1.165) is 12.1 Å². The maximum absolute atomic E-state index is 15.7. The van der Waals surface area contributed by atoms with Gasteiger partial charge in [0.05, 0.1) is 25.3 Å². The highest BCUT2D eigenvalue weighted by Gasteiger charge is 2.35. The molecule has 13 heteroatoms. The van der Waals surface area contributed by atoms with E-state index in [1.807, 2.05) is 0 Å². The number of aromatic nitrogens is 1. The van der Waals surface area contributed by atoms with Gasteiger partial charge in [0.2, 0.25) is 0 Å². The number of hydrogen-bond donors (Lipinski definition) is 0. The summed E-state index contributed by atoms with van der Waals surface area (Å²) in [5.74, 6) is -2.11. The molecule has 0 aliphatic rings. The smallest absolute Gasteiger partial charge is 0.420 e. The minimum absolute atomic E-state index is 0.0104. The first-order valence-electron chi connectivity index (χ1n) is 13.1. The maximum atomic E-state index is 15.7. The standard InChI is InChI=1S/C30H28F5N2O5S/c1-5-40-26(38)12-18-6-7-19(31)13-25(18)41-15-17-10-21(28-22(11-17)23(16-42-28)30(33,34)35)20-8-9-36-24(27(20)32)14-37-43(39)29(2,3)4/h6-11,13,16H,5,12,14-15H2,1-4H3/q-1. The quantitative estimate of drug-likeness (QED) is 0.107. The number of carbonyl (C=O) groups is 1. The monoisotopic (exact) mass is 623 g/mol. The molecule has 230 valence electrons. The Kier molecular flexibility index (Phi) is 9.43. The summed E-state index contributed by atoms with van der Waals surface area (Å²) in [4.78, 5) is 16.0. The molecule has 0 amide bonds. The van der Waals surface area contributed by atoms with Crippen molar-refractivity contribution in [2.75, 3.05) is 6.61 Å². The molecule has 0 N–H and O–H groups in total. The third-order valence-electron chi connectivity index (χ3n) is 6.21. The Hall–Kier alpha value is -4.00. The largest absolute Gasteiger partial charge is 0.488 e. The predicted molar refractivity (Wildman–Crippen MR) is 149 cm³/mol. The highest BCUT2D eigenvalue weighted by atomic mass is 32.2. The van der Waals surface area contributed by atoms with Crippen LogP contribution < -0.4 is 4.74 Å². The fraction of sp³-hybridized carbons (Fsp3) is 0.333. The Morgan fingerprint density at radius 1 is 1.07 bits per heavy atom. The summed E-state index contributed by atoms with van der Waals surface area (Å²) < 4.78 is 103. The Morgan fingerprint density at radius 3 is 2.49 bits per heavy atom. The zero-order valence-electron chi connectivity index (χ0n) is 23.7. The van der Waals surface area contributed by atoms with Crippen LogP contribution in [0.2, 0.25) is 0 Å². The van der Waals surface area contributed by atoms with Crippen LogP contribution in [0.25, 0.3) is 22.1 Å². The molecule has 0 atom stereocenters. The SMILES string of the molecule is CCOC(=O)Cc1ccc(F)cc1OCc1cc(-c2ccnc(CN=[S-](=O)C(C)(C)C)c2F)c2occ(C(F)(F)F)c2c1. The van der Waals surface area contributed by atoms with Crippen LogP contribution in [0.1, 0.15) is 50.1 Å². The fourth-order valence-electron chi connectivity index (χ4n) is 4.16. The Balaban J connectivity index is 1.78. The van der Waals surface area contributed by atoms with Crippen molar-refractivity contribution in [3.63, 3.8) is 0 Å². The molecule has 4 aromatic rings. The number of fused-ring (bicyclic) bond motifs is 1. The minimum Gasteiger partial charge on any atom is -0.488 e. The lowest BCUT2D eigenvalue weighted by Gasteiger charge is -2.22. The zero-order valence-corrected chi connectivity index (χ0v) is 24.5. The molecule has 0 aliphatic carbocycles. The first-order chi connectivity index (χ1) is 20.2. The molecule has 4 rings (SSSR count). The molecule has 0 saturated heterocycles. The second-order valence-electron chi connectivity index (χ2n) is 10.5. The van der Waals surface area contributed by atoms with Crippen LogP contribution in [-0.4, -0.2) is 22.3 Å². The normalized spacial score (nSPS) is 13.0. The van der Waals surface area contributed by atoms with Crippen molar-refractivity contribution in [2.45, 2.75) is 58.2 Å². The van der Waals surface area contributed by atoms with Gasteiger partial charge in [0.25, 0.3) is 0 Å². The summed E-state index contributed by atoms with van der Waals surface area (Å²) >= 11 is 0. The van der Waals surface area contributed by atoms with E-state index >= 15 is 4.39 Å². The highest BCUT2D eigenvalue weighted by molar-refractivity contribution is 7.76. The maximum Gasteiger partial charge on any atom is 0.420 e. The van der Waals surface area contributed by atoms with Crippen molar-refractivity contribution in [3.8, 4) is 16.9 Å². The average molecular weight is 624 g/mol. The third-order valence-corrected chi connectivity index (χ3v) is 7.62. The first kappa shape index (κ1) is 31.9. The number of halogens is 5. The summed E-state index contributed by atoms with van der Waals surface area (Å²) in [7, 11) is -1.66. The number of carbonyl (C=O) groups excluding carboxylic acids is 1. The second kappa shape index (κ2) is 12.7. The van der Waals surface area contributed by atoms with Crippen LogP contribution in [0, 0.1) is 11.6 Å². The molecule has 2 aromatic carbocycles. The molecule has 43 heavy (non-hydrogen) atoms. The lowest BCUT2D eigenvalue weighted by atomic mass is 9.98. The van der Waals surface area contributed by atoms with Gasteiger partial charge in [0.15, 0.2) is 5.82 Å². The van der Waals surface area contributed by atoms with Crippen LogP contribution in [-0.2, 0) is 50.1 Å². The van der Waals surface area contributed by atoms with Gasteiger partial charge in [-0.2, -0.15) is 23.8 Å². The number of benzene rings is 2. The molecule has 0 saturated carbocycles. The van der Waals surface area contributed by atoms with Crippen LogP contribution in [0.15, 0.2) is 57.6 Å². The molecular weight excluding hydrogens is 595 g/mol. The zero-order chi connectivity index (χ0) is 31.5. The number of nitrogens with zero attached hydrogens (tertiary/aromatic N) is 2. The van der Waals surface area contributed by atoms with Crippen molar-refractivity contribution in [3.05, 3.63) is 82.9 Å². The number of esters is 1. The van der Waals surface area contributed by atoms with E-state index in [2.05, 4.69) is 9.35 Å². The highest BCUT2D eigenvalue weighted by Crippen LogP contribution is 2.41. The van der Waals surface area contributed by atoms with E-state index in [-0.39, 0.29) is 65.3 Å². The topological polar surface area (TPSA) is 91.0 Å². The van der Waals surface area contributed by atoms with Gasteiger partial charge in [0, 0.05) is 34.3 Å². The van der Waals surface area contributed by atoms with Crippen LogP contribution >= 0.6 is 0 Å². The summed E-state index contributed by atoms with van der Waals surface area (Å²) in [6, 6.07) is 7.39. The third kappa shape index (κ3) is 7.51. The molecule has 2 heterocycles. The molecule has 0 radical (unpaired) electrons. The molecule has 0 unspecified atom stereocenters. The van der Waals surface area contributed by atoms with E-state index < -0.39 is 44.7 Å². The van der Waals surface area contributed by atoms with Crippen molar-refractivity contribution in [1.82, 2.24) is 4.98 Å². The van der Waals surface area contributed by atoms with E-state index in [9.17, 15) is 26.6 Å². The Labute approximate surface area is 246 Å². The fourth-order valence-corrected chi connectivity index (χ4v) is 4.78. The van der Waals surface area contributed by atoms with Gasteiger partial charge in [-0.15, -0.1) is 0 Å². The van der Waals surface area contributed by atoms with Gasteiger partial charge >= 0.3 is 12.1 Å². The van der Waals surface area contributed by atoms with Gasteiger partial charge in [0.1, 0.15) is 35.6 Å². The lowest BCUT2D eigenvalue weighted by molar-refractivity contribution is -0.142. The summed E-state index contributed by atoms with van der Waals surface area (Å²) in [6.07, 6.45) is -3.19. The number of ether oxygens (including phenoxy) is 2. The molecule has 2 aromatic heterocycles. The number of furan rings is 1. The molecule has 0 bridgehead atoms. The predicted octanol–water partition coefficient (Wildman–Crippen LogP) is 7.92. The van der Waals surface area contributed by atoms with E-state index in [0.29, 0.717) is 11.8 Å². The van der Waals surface area contributed by atoms with Gasteiger partial charge < -0.3 is 22.5 Å². The minimum atomic E-state index is -4.78. The molecular formula is C30H28F5N2O5S-.